The predicted molar refractivity (Wildman–Crippen MR) is 75.1 cm³/mol. The second-order valence-electron chi connectivity index (χ2n) is 5.83. The van der Waals surface area contributed by atoms with E-state index < -0.39 is 0 Å². The average molecular weight is 259 g/mol. The summed E-state index contributed by atoms with van der Waals surface area (Å²) in [5.41, 5.74) is 0.825. The highest BCUT2D eigenvalue weighted by atomic mass is 15.3. The minimum atomic E-state index is 0.502. The van der Waals surface area contributed by atoms with Crippen LogP contribution in [0.15, 0.2) is 12.4 Å². The third-order valence-electron chi connectivity index (χ3n) is 4.44. The van der Waals surface area contributed by atoms with Crippen LogP contribution in [-0.4, -0.2) is 25.6 Å². The molecule has 3 atom stereocenters. The molecule has 19 heavy (non-hydrogen) atoms. The fourth-order valence-electron chi connectivity index (χ4n) is 2.92. The lowest BCUT2D eigenvalue weighted by Gasteiger charge is -2.32. The lowest BCUT2D eigenvalue weighted by Crippen LogP contribution is -2.30. The van der Waals surface area contributed by atoms with E-state index in [0.29, 0.717) is 6.04 Å². The van der Waals surface area contributed by atoms with Gasteiger partial charge in [0.25, 0.3) is 0 Å². The summed E-state index contributed by atoms with van der Waals surface area (Å²) in [6.07, 6.45) is 7.41. The summed E-state index contributed by atoms with van der Waals surface area (Å²) in [4.78, 5) is 4.42. The maximum Gasteiger partial charge on any atom is 0.203 e. The minimum absolute atomic E-state index is 0.502. The van der Waals surface area contributed by atoms with Crippen LogP contribution < -0.4 is 5.32 Å². The Balaban J connectivity index is 1.82. The van der Waals surface area contributed by atoms with Crippen LogP contribution in [0, 0.1) is 18.8 Å². The highest BCUT2D eigenvalue weighted by Gasteiger charge is 2.25. The molecule has 0 aliphatic heterocycles. The molecule has 1 aliphatic rings. The van der Waals surface area contributed by atoms with Gasteiger partial charge in [-0.05, 0) is 38.0 Å². The summed E-state index contributed by atoms with van der Waals surface area (Å²) in [5.74, 6) is 3.35. The molecule has 0 aromatic carbocycles. The van der Waals surface area contributed by atoms with Crippen molar-refractivity contribution in [2.75, 3.05) is 5.32 Å². The predicted octanol–water partition coefficient (Wildman–Crippen LogP) is 2.67. The lowest BCUT2D eigenvalue weighted by atomic mass is 9.79. The van der Waals surface area contributed by atoms with Crippen molar-refractivity contribution in [1.82, 2.24) is 19.6 Å². The number of anilines is 1. The van der Waals surface area contributed by atoms with Gasteiger partial charge in [0.1, 0.15) is 5.82 Å². The van der Waals surface area contributed by atoms with Crippen molar-refractivity contribution in [3.63, 3.8) is 0 Å². The Morgan fingerprint density at radius 1 is 1.21 bits per heavy atom. The summed E-state index contributed by atoms with van der Waals surface area (Å²) < 4.78 is 1.98. The minimum Gasteiger partial charge on any atom is -0.364 e. The van der Waals surface area contributed by atoms with Crippen LogP contribution in [0.25, 0.3) is 5.65 Å². The second-order valence-corrected chi connectivity index (χ2v) is 5.83. The number of rotatable bonds is 2. The van der Waals surface area contributed by atoms with E-state index in [-0.39, 0.29) is 0 Å². The zero-order chi connectivity index (χ0) is 13.4. The number of hydrogen-bond acceptors (Lipinski definition) is 4. The maximum atomic E-state index is 4.42. The summed E-state index contributed by atoms with van der Waals surface area (Å²) >= 11 is 0. The summed E-state index contributed by atoms with van der Waals surface area (Å²) in [7, 11) is 0. The molecule has 5 nitrogen and oxygen atoms in total. The van der Waals surface area contributed by atoms with Gasteiger partial charge in [-0.3, -0.25) is 4.40 Å². The molecule has 3 rings (SSSR count). The second kappa shape index (κ2) is 4.79. The normalized spacial score (nSPS) is 27.6. The molecule has 1 saturated carbocycles. The Morgan fingerprint density at radius 3 is 2.84 bits per heavy atom. The zero-order valence-corrected chi connectivity index (χ0v) is 11.8. The summed E-state index contributed by atoms with van der Waals surface area (Å²) in [6.45, 7) is 6.64. The van der Waals surface area contributed by atoms with Crippen LogP contribution in [0.5, 0.6) is 0 Å². The zero-order valence-electron chi connectivity index (χ0n) is 11.8. The van der Waals surface area contributed by atoms with Gasteiger partial charge in [0.2, 0.25) is 5.65 Å². The lowest BCUT2D eigenvalue weighted by molar-refractivity contribution is 0.260. The first-order valence-corrected chi connectivity index (χ1v) is 7.08. The molecule has 5 heteroatoms. The number of aromatic nitrogens is 4. The fraction of sp³-hybridized carbons (Fsp3) is 0.643. The number of nitrogens with zero attached hydrogens (tertiary/aromatic N) is 4. The first-order valence-electron chi connectivity index (χ1n) is 7.08. The Hall–Kier alpha value is -1.65. The van der Waals surface area contributed by atoms with Crippen LogP contribution in [0.1, 0.15) is 38.9 Å². The highest BCUT2D eigenvalue weighted by molar-refractivity contribution is 5.62. The van der Waals surface area contributed by atoms with Gasteiger partial charge in [0.15, 0.2) is 5.82 Å². The van der Waals surface area contributed by atoms with Crippen molar-refractivity contribution >= 4 is 11.5 Å². The molecule has 0 amide bonds. The third-order valence-corrected chi connectivity index (χ3v) is 4.44. The summed E-state index contributed by atoms with van der Waals surface area (Å²) in [5, 5.41) is 11.9. The number of hydrogen-bond donors (Lipinski definition) is 1. The Morgan fingerprint density at radius 2 is 2.05 bits per heavy atom. The Bertz CT molecular complexity index is 576. The van der Waals surface area contributed by atoms with E-state index in [4.69, 9.17) is 0 Å². The van der Waals surface area contributed by atoms with Crippen molar-refractivity contribution in [3.8, 4) is 0 Å². The van der Waals surface area contributed by atoms with Crippen molar-refractivity contribution < 1.29 is 0 Å². The largest absolute Gasteiger partial charge is 0.364 e. The van der Waals surface area contributed by atoms with Gasteiger partial charge >= 0.3 is 0 Å². The SMILES string of the molecule is Cc1nnc2c(NC3CCC(C)C(C)C3)nccn12. The van der Waals surface area contributed by atoms with Crippen molar-refractivity contribution in [2.24, 2.45) is 11.8 Å². The van der Waals surface area contributed by atoms with Gasteiger partial charge in [-0.25, -0.2) is 4.98 Å². The van der Waals surface area contributed by atoms with Crippen molar-refractivity contribution in [3.05, 3.63) is 18.2 Å². The third kappa shape index (κ3) is 2.29. The molecular formula is C14H21N5. The molecule has 0 radical (unpaired) electrons. The van der Waals surface area contributed by atoms with E-state index in [2.05, 4.69) is 34.3 Å². The molecular weight excluding hydrogens is 238 g/mol. The van der Waals surface area contributed by atoms with Gasteiger partial charge in [-0.15, -0.1) is 10.2 Å². The van der Waals surface area contributed by atoms with Crippen LogP contribution in [-0.2, 0) is 0 Å². The van der Waals surface area contributed by atoms with Gasteiger partial charge in [-0.1, -0.05) is 13.8 Å². The number of nitrogens with one attached hydrogen (secondary N) is 1. The number of aryl methyl sites for hydroxylation is 1. The van der Waals surface area contributed by atoms with Gasteiger partial charge < -0.3 is 5.32 Å². The molecule has 0 spiro atoms. The average Bonchev–Trinajstić information content (AvgIpc) is 2.77. The van der Waals surface area contributed by atoms with Crippen LogP contribution >= 0.6 is 0 Å². The van der Waals surface area contributed by atoms with Crippen LogP contribution in [0.2, 0.25) is 0 Å². The quantitative estimate of drug-likeness (QED) is 0.901. The molecule has 1 fully saturated rings. The smallest absolute Gasteiger partial charge is 0.203 e. The van der Waals surface area contributed by atoms with E-state index in [0.717, 1.165) is 29.1 Å². The van der Waals surface area contributed by atoms with Gasteiger partial charge in [-0.2, -0.15) is 0 Å². The molecule has 2 heterocycles. The molecule has 0 bridgehead atoms. The Labute approximate surface area is 113 Å². The van der Waals surface area contributed by atoms with E-state index >= 15 is 0 Å². The number of fused-ring (bicyclic) bond motifs is 1. The van der Waals surface area contributed by atoms with Crippen LogP contribution in [0.3, 0.4) is 0 Å². The molecule has 0 saturated heterocycles. The molecule has 2 aromatic heterocycles. The molecule has 3 unspecified atom stereocenters. The standard InChI is InChI=1S/C14H21N5/c1-9-4-5-12(8-10(9)2)16-13-14-18-17-11(3)19(14)7-6-15-13/h6-7,9-10,12H,4-5,8H2,1-3H3,(H,15,16). The van der Waals surface area contributed by atoms with Gasteiger partial charge in [0.05, 0.1) is 0 Å². The van der Waals surface area contributed by atoms with Crippen molar-refractivity contribution in [1.29, 1.82) is 0 Å². The van der Waals surface area contributed by atoms with E-state index in [9.17, 15) is 0 Å². The topological polar surface area (TPSA) is 55.1 Å². The molecule has 1 N–H and O–H groups in total. The monoisotopic (exact) mass is 259 g/mol. The molecule has 1 aliphatic carbocycles. The highest BCUT2D eigenvalue weighted by Crippen LogP contribution is 2.31. The maximum absolute atomic E-state index is 4.42. The van der Waals surface area contributed by atoms with Crippen LogP contribution in [0.4, 0.5) is 5.82 Å². The van der Waals surface area contributed by atoms with E-state index in [1.54, 1.807) is 6.20 Å². The fourth-order valence-corrected chi connectivity index (χ4v) is 2.92. The summed E-state index contributed by atoms with van der Waals surface area (Å²) in [6, 6.07) is 0.502. The first kappa shape index (κ1) is 12.4. The van der Waals surface area contributed by atoms with E-state index in [1.807, 2.05) is 17.5 Å². The Kier molecular flexibility index (Phi) is 3.12. The molecule has 2 aromatic rings. The van der Waals surface area contributed by atoms with Gasteiger partial charge in [0, 0.05) is 18.4 Å². The first-order chi connectivity index (χ1) is 9.15. The molecule has 102 valence electrons. The van der Waals surface area contributed by atoms with Crippen molar-refractivity contribution in [2.45, 2.75) is 46.1 Å². The van der Waals surface area contributed by atoms with E-state index in [1.165, 1.54) is 19.3 Å².